The van der Waals surface area contributed by atoms with Crippen LogP contribution >= 0.6 is 63.7 Å². The molecule has 0 amide bonds. The number of hydrogen-bond donors (Lipinski definition) is 1. The standard InChI is InChI=1S/C15H12Br2O4.C14H9Br2FO3.CH3O.Na/c1-20-15(19)14-9(8-18)6-11(17)7-13(14)21-12-4-2-10(16)3-5-12;1-19-14(18)13-11(17)6-9(16)7-12(13)20-10-4-2-8(15)3-5-10;1-2;/h2-7,18H,8H2,1H3;2-7H,1H3;1H3;/q;;-1;+1. The average Bonchev–Trinajstić information content (AvgIpc) is 2.99. The Hall–Kier alpha value is -1.81. The SMILES string of the molecule is COC(=O)c1c(CO)cc(Br)cc1Oc1ccc(Br)cc1.COC(=O)c1c(F)cc(Br)cc1Oc1ccc(Br)cc1.C[O-].[Na+]. The second kappa shape index (κ2) is 20.3. The van der Waals surface area contributed by atoms with Crippen LogP contribution in [0, 0.1) is 5.82 Å². The monoisotopic (exact) mass is 870 g/mol. The molecule has 4 rings (SSSR count). The fourth-order valence-electron chi connectivity index (χ4n) is 3.36. The van der Waals surface area contributed by atoms with Crippen LogP contribution in [0.2, 0.25) is 0 Å². The topological polar surface area (TPSA) is 114 Å². The summed E-state index contributed by atoms with van der Waals surface area (Å²) >= 11 is 13.1. The van der Waals surface area contributed by atoms with Gasteiger partial charge in [-0.2, -0.15) is 7.11 Å². The number of aliphatic hydroxyl groups excluding tert-OH is 1. The Labute approximate surface area is 309 Å². The van der Waals surface area contributed by atoms with E-state index >= 15 is 0 Å². The minimum Gasteiger partial charge on any atom is -0.857 e. The van der Waals surface area contributed by atoms with Gasteiger partial charge in [0.25, 0.3) is 0 Å². The third-order valence-electron chi connectivity index (χ3n) is 5.20. The molecule has 0 atom stereocenters. The van der Waals surface area contributed by atoms with Gasteiger partial charge < -0.3 is 29.2 Å². The molecule has 228 valence electrons. The summed E-state index contributed by atoms with van der Waals surface area (Å²) in [7, 11) is 3.22. The second-order valence-electron chi connectivity index (χ2n) is 7.95. The Morgan fingerprint density at radius 3 is 1.48 bits per heavy atom. The van der Waals surface area contributed by atoms with Gasteiger partial charge in [0.15, 0.2) is 0 Å². The summed E-state index contributed by atoms with van der Waals surface area (Å²) in [6.45, 7) is -0.291. The van der Waals surface area contributed by atoms with Crippen molar-refractivity contribution in [1.82, 2.24) is 0 Å². The van der Waals surface area contributed by atoms with E-state index in [9.17, 15) is 19.1 Å². The van der Waals surface area contributed by atoms with E-state index in [-0.39, 0.29) is 53.0 Å². The normalized spacial score (nSPS) is 9.68. The molecular formula is C30H24Br4FNaO8. The van der Waals surface area contributed by atoms with E-state index in [1.807, 2.05) is 12.1 Å². The smallest absolute Gasteiger partial charge is 0.857 e. The van der Waals surface area contributed by atoms with Crippen molar-refractivity contribution in [3.8, 4) is 23.0 Å². The molecule has 4 aromatic rings. The van der Waals surface area contributed by atoms with Gasteiger partial charge in [0, 0.05) is 17.9 Å². The molecule has 0 unspecified atom stereocenters. The van der Waals surface area contributed by atoms with Crippen molar-refractivity contribution < 1.29 is 72.7 Å². The predicted octanol–water partition coefficient (Wildman–Crippen LogP) is 5.19. The first-order valence-corrected chi connectivity index (χ1v) is 15.1. The molecule has 0 radical (unpaired) electrons. The van der Waals surface area contributed by atoms with Gasteiger partial charge in [-0.15, -0.1) is 0 Å². The van der Waals surface area contributed by atoms with E-state index in [4.69, 9.17) is 19.3 Å². The van der Waals surface area contributed by atoms with Crippen LogP contribution in [-0.4, -0.2) is 38.4 Å². The van der Waals surface area contributed by atoms with E-state index in [0.29, 0.717) is 31.8 Å². The van der Waals surface area contributed by atoms with Crippen LogP contribution in [0.15, 0.2) is 90.7 Å². The van der Waals surface area contributed by atoms with Crippen LogP contribution in [0.4, 0.5) is 4.39 Å². The fraction of sp³-hybridized carbons (Fsp3) is 0.133. The molecule has 0 fully saturated rings. The van der Waals surface area contributed by atoms with Gasteiger partial charge >= 0.3 is 41.5 Å². The van der Waals surface area contributed by atoms with E-state index in [1.165, 1.54) is 26.4 Å². The summed E-state index contributed by atoms with van der Waals surface area (Å²) in [6, 6.07) is 20.2. The summed E-state index contributed by atoms with van der Waals surface area (Å²) in [5, 5.41) is 17.7. The fourth-order valence-corrected chi connectivity index (χ4v) is 4.79. The molecule has 1 N–H and O–H groups in total. The molecule has 0 aromatic heterocycles. The molecule has 0 bridgehead atoms. The summed E-state index contributed by atoms with van der Waals surface area (Å²) in [5.74, 6) is -0.589. The first-order valence-electron chi connectivity index (χ1n) is 11.9. The molecule has 14 heteroatoms. The van der Waals surface area contributed by atoms with E-state index in [2.05, 4.69) is 68.5 Å². The van der Waals surface area contributed by atoms with Crippen molar-refractivity contribution in [1.29, 1.82) is 0 Å². The number of esters is 2. The van der Waals surface area contributed by atoms with Gasteiger partial charge in [0.05, 0.1) is 20.8 Å². The zero-order valence-electron chi connectivity index (χ0n) is 23.8. The van der Waals surface area contributed by atoms with Crippen molar-refractivity contribution in [3.05, 3.63) is 113 Å². The van der Waals surface area contributed by atoms with Crippen molar-refractivity contribution in [2.75, 3.05) is 21.3 Å². The van der Waals surface area contributed by atoms with Crippen LogP contribution < -0.4 is 44.1 Å². The molecule has 8 nitrogen and oxygen atoms in total. The Morgan fingerprint density at radius 1 is 0.682 bits per heavy atom. The Bertz CT molecular complexity index is 1540. The van der Waals surface area contributed by atoms with Crippen molar-refractivity contribution in [3.63, 3.8) is 0 Å². The molecule has 0 heterocycles. The van der Waals surface area contributed by atoms with Gasteiger partial charge in [-0.05, 0) is 78.4 Å². The van der Waals surface area contributed by atoms with Crippen LogP contribution in [-0.2, 0) is 16.1 Å². The number of ether oxygens (including phenoxy) is 4. The number of hydrogen-bond acceptors (Lipinski definition) is 8. The minimum atomic E-state index is -0.790. The number of aliphatic hydroxyl groups is 1. The van der Waals surface area contributed by atoms with Crippen LogP contribution in [0.25, 0.3) is 0 Å². The third-order valence-corrected chi connectivity index (χ3v) is 7.17. The van der Waals surface area contributed by atoms with Crippen LogP contribution in [0.1, 0.15) is 26.3 Å². The molecular weight excluding hydrogens is 850 g/mol. The number of carbonyl (C=O) groups excluding carboxylic acids is 2. The first kappa shape index (κ1) is 40.2. The number of halogens is 5. The second-order valence-corrected chi connectivity index (χ2v) is 11.6. The Morgan fingerprint density at radius 2 is 1.07 bits per heavy atom. The zero-order chi connectivity index (χ0) is 32.1. The van der Waals surface area contributed by atoms with Gasteiger partial charge in [-0.1, -0.05) is 63.7 Å². The maximum absolute atomic E-state index is 13.9. The molecule has 0 spiro atoms. The van der Waals surface area contributed by atoms with Crippen molar-refractivity contribution in [2.24, 2.45) is 0 Å². The Balaban J connectivity index is 0.000000408. The van der Waals surface area contributed by atoms with E-state index < -0.39 is 17.8 Å². The van der Waals surface area contributed by atoms with Crippen molar-refractivity contribution >= 4 is 75.7 Å². The number of carbonyl (C=O) groups is 2. The summed E-state index contributed by atoms with van der Waals surface area (Å²) in [5.41, 5.74) is 0.410. The number of methoxy groups -OCH3 is 2. The van der Waals surface area contributed by atoms with Gasteiger partial charge in [0.1, 0.15) is 39.9 Å². The zero-order valence-corrected chi connectivity index (χ0v) is 32.2. The quantitative estimate of drug-likeness (QED) is 0.200. The van der Waals surface area contributed by atoms with Crippen LogP contribution in [0.5, 0.6) is 23.0 Å². The predicted molar refractivity (Wildman–Crippen MR) is 171 cm³/mol. The number of rotatable bonds is 7. The maximum atomic E-state index is 13.9. The summed E-state index contributed by atoms with van der Waals surface area (Å²) < 4.78 is 37.5. The average molecular weight is 874 g/mol. The molecule has 4 aromatic carbocycles. The minimum absolute atomic E-state index is 0. The van der Waals surface area contributed by atoms with Gasteiger partial charge in [0.2, 0.25) is 0 Å². The van der Waals surface area contributed by atoms with E-state index in [0.717, 1.165) is 16.1 Å². The van der Waals surface area contributed by atoms with Crippen LogP contribution in [0.3, 0.4) is 0 Å². The first-order chi connectivity index (χ1) is 20.6. The molecule has 0 saturated heterocycles. The molecule has 0 aliphatic rings. The molecule has 0 saturated carbocycles. The molecule has 0 aliphatic carbocycles. The van der Waals surface area contributed by atoms with Crippen molar-refractivity contribution in [2.45, 2.75) is 6.61 Å². The Kier molecular flexibility index (Phi) is 18.6. The van der Waals surface area contributed by atoms with E-state index in [1.54, 1.807) is 48.5 Å². The molecule has 44 heavy (non-hydrogen) atoms. The largest absolute Gasteiger partial charge is 1.00 e. The number of benzene rings is 4. The third kappa shape index (κ3) is 11.8. The molecule has 0 aliphatic heterocycles. The van der Waals surface area contributed by atoms with Gasteiger partial charge in [-0.3, -0.25) is 0 Å². The summed E-state index contributed by atoms with van der Waals surface area (Å²) in [6.07, 6.45) is 0. The maximum Gasteiger partial charge on any atom is 1.00 e. The summed E-state index contributed by atoms with van der Waals surface area (Å²) in [4.78, 5) is 23.6. The van der Waals surface area contributed by atoms with Gasteiger partial charge in [-0.25, -0.2) is 14.0 Å².